The van der Waals surface area contributed by atoms with Crippen molar-refractivity contribution in [3.8, 4) is 11.4 Å². The zero-order valence-electron chi connectivity index (χ0n) is 15.6. The van der Waals surface area contributed by atoms with Crippen molar-refractivity contribution in [3.63, 3.8) is 0 Å². The van der Waals surface area contributed by atoms with Gasteiger partial charge in [-0.15, -0.1) is 0 Å². The summed E-state index contributed by atoms with van der Waals surface area (Å²) in [6, 6.07) is 19.1. The number of ether oxygens (including phenoxy) is 1. The van der Waals surface area contributed by atoms with E-state index in [1.54, 1.807) is 6.07 Å². The Hall–Kier alpha value is -2.40. The van der Waals surface area contributed by atoms with Crippen LogP contribution in [-0.2, 0) is 6.54 Å². The van der Waals surface area contributed by atoms with Gasteiger partial charge in [-0.25, -0.2) is 4.98 Å². The number of nitrogens with one attached hydrogen (secondary N) is 1. The highest BCUT2D eigenvalue weighted by molar-refractivity contribution is 6.42. The molecule has 1 heterocycles. The molecule has 0 radical (unpaired) electrons. The minimum Gasteiger partial charge on any atom is -0.494 e. The molecule has 0 spiro atoms. The zero-order chi connectivity index (χ0) is 20.4. The summed E-state index contributed by atoms with van der Waals surface area (Å²) in [4.78, 5) is 4.73. The second-order valence-electron chi connectivity index (χ2n) is 6.43. The fourth-order valence-electron chi connectivity index (χ4n) is 3.09. The second kappa shape index (κ2) is 8.54. The number of hydrogen-bond acceptors (Lipinski definition) is 3. The molecule has 3 aromatic carbocycles. The molecular formula is C22H18Cl3N3O. The largest absolute Gasteiger partial charge is 0.494 e. The minimum absolute atomic E-state index is 0.472. The van der Waals surface area contributed by atoms with E-state index in [1.165, 1.54) is 0 Å². The van der Waals surface area contributed by atoms with Crippen molar-refractivity contribution in [2.45, 2.75) is 13.5 Å². The number of halogens is 3. The van der Waals surface area contributed by atoms with Crippen molar-refractivity contribution in [1.82, 2.24) is 9.55 Å². The third-order valence-corrected chi connectivity index (χ3v) is 5.44. The Kier molecular flexibility index (Phi) is 5.86. The number of imidazole rings is 1. The van der Waals surface area contributed by atoms with E-state index < -0.39 is 0 Å². The molecule has 0 amide bonds. The van der Waals surface area contributed by atoms with Crippen LogP contribution in [0.2, 0.25) is 15.1 Å². The Morgan fingerprint density at radius 1 is 0.931 bits per heavy atom. The van der Waals surface area contributed by atoms with E-state index in [-0.39, 0.29) is 0 Å². The molecule has 0 aliphatic rings. The zero-order valence-corrected chi connectivity index (χ0v) is 17.9. The van der Waals surface area contributed by atoms with Crippen LogP contribution < -0.4 is 10.1 Å². The van der Waals surface area contributed by atoms with Gasteiger partial charge in [0.2, 0.25) is 5.95 Å². The Labute approximate surface area is 184 Å². The number of anilines is 1. The van der Waals surface area contributed by atoms with E-state index in [4.69, 9.17) is 44.5 Å². The molecule has 148 valence electrons. The highest BCUT2D eigenvalue weighted by Gasteiger charge is 2.15. The third-order valence-electron chi connectivity index (χ3n) is 4.47. The summed E-state index contributed by atoms with van der Waals surface area (Å²) in [5, 5.41) is 5.07. The molecule has 1 aromatic heterocycles. The molecule has 0 bridgehead atoms. The first kappa shape index (κ1) is 19.9. The molecular weight excluding hydrogens is 429 g/mol. The normalized spacial score (nSPS) is 11.0. The summed E-state index contributed by atoms with van der Waals surface area (Å²) in [7, 11) is 0. The molecule has 1 N–H and O–H groups in total. The maximum absolute atomic E-state index is 6.28. The Morgan fingerprint density at radius 2 is 1.62 bits per heavy atom. The molecule has 0 atom stereocenters. The number of nitrogens with zero attached hydrogens (tertiary/aromatic N) is 2. The first-order valence-corrected chi connectivity index (χ1v) is 10.3. The molecule has 0 aliphatic heterocycles. The second-order valence-corrected chi connectivity index (χ2v) is 7.68. The minimum atomic E-state index is 0.472. The Bertz CT molecular complexity index is 1140. The van der Waals surface area contributed by atoms with Crippen molar-refractivity contribution < 1.29 is 4.74 Å². The van der Waals surface area contributed by atoms with Gasteiger partial charge < -0.3 is 10.1 Å². The van der Waals surface area contributed by atoms with E-state index >= 15 is 0 Å². The molecule has 0 unspecified atom stereocenters. The summed E-state index contributed by atoms with van der Waals surface area (Å²) < 4.78 is 7.57. The van der Waals surface area contributed by atoms with Gasteiger partial charge in [-0.3, -0.25) is 4.57 Å². The first-order valence-electron chi connectivity index (χ1n) is 9.14. The molecule has 29 heavy (non-hydrogen) atoms. The van der Waals surface area contributed by atoms with Gasteiger partial charge in [0.1, 0.15) is 5.75 Å². The molecule has 0 saturated carbocycles. The number of aromatic nitrogens is 2. The van der Waals surface area contributed by atoms with Crippen LogP contribution in [0.3, 0.4) is 0 Å². The summed E-state index contributed by atoms with van der Waals surface area (Å²) in [6.45, 7) is 3.18. The van der Waals surface area contributed by atoms with Crippen molar-refractivity contribution in [3.05, 3.63) is 81.3 Å². The number of fused-ring (bicyclic) bond motifs is 1. The standard InChI is InChI=1S/C22H18Cl3N3O/c1-2-29-17-9-7-16(8-10-17)28-21-12-19(25)18(24)11-20(21)27-22(28)26-13-14-3-5-15(23)6-4-14/h3-12H,2,13H2,1H3,(H,26,27). The van der Waals surface area contributed by atoms with Gasteiger partial charge in [-0.1, -0.05) is 46.9 Å². The van der Waals surface area contributed by atoms with Gasteiger partial charge in [0.15, 0.2) is 0 Å². The van der Waals surface area contributed by atoms with Crippen molar-refractivity contribution >= 4 is 51.8 Å². The maximum Gasteiger partial charge on any atom is 0.208 e. The molecule has 0 saturated heterocycles. The van der Waals surface area contributed by atoms with Crippen LogP contribution in [0, 0.1) is 0 Å². The van der Waals surface area contributed by atoms with Crippen LogP contribution in [0.5, 0.6) is 5.75 Å². The quantitative estimate of drug-likeness (QED) is 0.347. The van der Waals surface area contributed by atoms with E-state index in [2.05, 4.69) is 5.32 Å². The summed E-state index contributed by atoms with van der Waals surface area (Å²) in [6.07, 6.45) is 0. The lowest BCUT2D eigenvalue weighted by Crippen LogP contribution is -2.06. The molecule has 4 nitrogen and oxygen atoms in total. The Morgan fingerprint density at radius 3 is 2.31 bits per heavy atom. The number of benzene rings is 3. The number of hydrogen-bond donors (Lipinski definition) is 1. The predicted molar refractivity (Wildman–Crippen MR) is 121 cm³/mol. The van der Waals surface area contributed by atoms with Crippen LogP contribution >= 0.6 is 34.8 Å². The summed E-state index contributed by atoms with van der Waals surface area (Å²) in [5.74, 6) is 1.51. The molecule has 4 aromatic rings. The molecule has 0 aliphatic carbocycles. The van der Waals surface area contributed by atoms with Gasteiger partial charge in [-0.2, -0.15) is 0 Å². The van der Waals surface area contributed by atoms with Crippen LogP contribution in [0.4, 0.5) is 5.95 Å². The van der Waals surface area contributed by atoms with Gasteiger partial charge in [0, 0.05) is 17.3 Å². The first-order chi connectivity index (χ1) is 14.0. The fourth-order valence-corrected chi connectivity index (χ4v) is 3.54. The SMILES string of the molecule is CCOc1ccc(-n2c(NCc3ccc(Cl)cc3)nc3cc(Cl)c(Cl)cc32)cc1. The van der Waals surface area contributed by atoms with Gasteiger partial charge in [0.05, 0.1) is 27.7 Å². The van der Waals surface area contributed by atoms with Crippen molar-refractivity contribution in [2.75, 3.05) is 11.9 Å². The Balaban J connectivity index is 1.75. The topological polar surface area (TPSA) is 39.1 Å². The summed E-state index contributed by atoms with van der Waals surface area (Å²) >= 11 is 18.5. The molecule has 4 rings (SSSR count). The van der Waals surface area contributed by atoms with Gasteiger partial charge >= 0.3 is 0 Å². The lowest BCUT2D eigenvalue weighted by molar-refractivity contribution is 0.340. The average molecular weight is 447 g/mol. The van der Waals surface area contributed by atoms with Gasteiger partial charge in [-0.05, 0) is 61.0 Å². The smallest absolute Gasteiger partial charge is 0.208 e. The van der Waals surface area contributed by atoms with Crippen LogP contribution in [0.25, 0.3) is 16.7 Å². The van der Waals surface area contributed by atoms with Gasteiger partial charge in [0.25, 0.3) is 0 Å². The third kappa shape index (κ3) is 4.30. The summed E-state index contributed by atoms with van der Waals surface area (Å²) in [5.41, 5.74) is 3.65. The monoisotopic (exact) mass is 445 g/mol. The molecule has 7 heteroatoms. The van der Waals surface area contributed by atoms with E-state index in [1.807, 2.05) is 66.1 Å². The van der Waals surface area contributed by atoms with E-state index in [0.29, 0.717) is 34.2 Å². The highest BCUT2D eigenvalue weighted by atomic mass is 35.5. The van der Waals surface area contributed by atoms with Crippen molar-refractivity contribution in [2.24, 2.45) is 0 Å². The lowest BCUT2D eigenvalue weighted by atomic mass is 10.2. The molecule has 0 fully saturated rings. The lowest BCUT2D eigenvalue weighted by Gasteiger charge is -2.12. The number of rotatable bonds is 6. The van der Waals surface area contributed by atoms with E-state index in [0.717, 1.165) is 28.0 Å². The highest BCUT2D eigenvalue weighted by Crippen LogP contribution is 2.32. The van der Waals surface area contributed by atoms with Crippen LogP contribution in [0.15, 0.2) is 60.7 Å². The van der Waals surface area contributed by atoms with E-state index in [9.17, 15) is 0 Å². The fraction of sp³-hybridized carbons (Fsp3) is 0.136. The van der Waals surface area contributed by atoms with Crippen LogP contribution in [0.1, 0.15) is 12.5 Å². The van der Waals surface area contributed by atoms with Crippen molar-refractivity contribution in [1.29, 1.82) is 0 Å². The average Bonchev–Trinajstić information content (AvgIpc) is 3.06. The predicted octanol–water partition coefficient (Wildman–Crippen LogP) is 7.00. The maximum atomic E-state index is 6.28. The van der Waals surface area contributed by atoms with Crippen LogP contribution in [-0.4, -0.2) is 16.2 Å².